The lowest BCUT2D eigenvalue weighted by molar-refractivity contribution is -0.110. The molecule has 0 spiro atoms. The van der Waals surface area contributed by atoms with Crippen LogP contribution >= 0.6 is 0 Å². The van der Waals surface area contributed by atoms with Crippen molar-refractivity contribution < 1.29 is 28.8 Å². The van der Waals surface area contributed by atoms with Crippen LogP contribution in [-0.4, -0.2) is 39.3 Å². The number of ether oxygens (including phenoxy) is 4. The van der Waals surface area contributed by atoms with Gasteiger partial charge in [-0.25, -0.2) is 0 Å². The lowest BCUT2D eigenvalue weighted by Gasteiger charge is -2.09. The van der Waals surface area contributed by atoms with Gasteiger partial charge in [0, 0.05) is 11.6 Å². The van der Waals surface area contributed by atoms with Crippen LogP contribution in [0.4, 0.5) is 0 Å². The van der Waals surface area contributed by atoms with Crippen molar-refractivity contribution in [1.82, 2.24) is 0 Å². The van der Waals surface area contributed by atoms with E-state index >= 15 is 0 Å². The Morgan fingerprint density at radius 1 is 0.828 bits per heavy atom. The molecule has 152 valence electrons. The Morgan fingerprint density at radius 2 is 1.55 bits per heavy atom. The Morgan fingerprint density at radius 3 is 2.21 bits per heavy atom. The molecule has 2 aromatic carbocycles. The van der Waals surface area contributed by atoms with E-state index in [0.29, 0.717) is 28.6 Å². The van der Waals surface area contributed by atoms with Crippen molar-refractivity contribution in [1.29, 1.82) is 0 Å². The van der Waals surface area contributed by atoms with E-state index in [1.165, 1.54) is 19.3 Å². The summed E-state index contributed by atoms with van der Waals surface area (Å²) >= 11 is 0. The lowest BCUT2D eigenvalue weighted by atomic mass is 10.1. The summed E-state index contributed by atoms with van der Waals surface area (Å²) in [6.07, 6.45) is 7.17. The number of hydrogen-bond acceptors (Lipinski definition) is 6. The number of hydrogen-bond donors (Lipinski definition) is 1. The number of carbonyl (C=O) groups is 1. The molecule has 0 aliphatic heterocycles. The van der Waals surface area contributed by atoms with Gasteiger partial charge in [-0.05, 0) is 42.0 Å². The van der Waals surface area contributed by atoms with Gasteiger partial charge in [-0.3, -0.25) is 4.79 Å². The first kappa shape index (κ1) is 21.6. The van der Waals surface area contributed by atoms with E-state index in [0.717, 1.165) is 11.6 Å². The first-order valence-electron chi connectivity index (χ1n) is 8.76. The average Bonchev–Trinajstić information content (AvgIpc) is 2.75. The molecule has 0 bridgehead atoms. The maximum Gasteiger partial charge on any atom is 0.182 e. The molecule has 0 unspecified atom stereocenters. The Balaban J connectivity index is 2.11. The Labute approximate surface area is 170 Å². The van der Waals surface area contributed by atoms with E-state index in [2.05, 4.69) is 0 Å². The van der Waals surface area contributed by atoms with Gasteiger partial charge in [-0.15, -0.1) is 0 Å². The Bertz CT molecular complexity index is 940. The fraction of sp³-hybridized carbons (Fsp3) is 0.174. The summed E-state index contributed by atoms with van der Waals surface area (Å²) in [5.41, 5.74) is 1.47. The summed E-state index contributed by atoms with van der Waals surface area (Å²) in [4.78, 5) is 12.1. The van der Waals surface area contributed by atoms with Gasteiger partial charge in [0.2, 0.25) is 0 Å². The van der Waals surface area contributed by atoms with Crippen molar-refractivity contribution in [3.8, 4) is 23.0 Å². The number of ketones is 1. The van der Waals surface area contributed by atoms with Crippen LogP contribution in [0, 0.1) is 0 Å². The van der Waals surface area contributed by atoms with Gasteiger partial charge in [-0.2, -0.15) is 0 Å². The summed E-state index contributed by atoms with van der Waals surface area (Å²) in [5, 5.41) is 10.0. The summed E-state index contributed by atoms with van der Waals surface area (Å²) in [7, 11) is 6.18. The normalized spacial score (nSPS) is 11.7. The maximum atomic E-state index is 12.1. The van der Waals surface area contributed by atoms with E-state index in [-0.39, 0.29) is 11.5 Å². The van der Waals surface area contributed by atoms with Crippen LogP contribution < -0.4 is 18.9 Å². The van der Waals surface area contributed by atoms with Crippen molar-refractivity contribution in [2.75, 3.05) is 28.4 Å². The zero-order valence-electron chi connectivity index (χ0n) is 16.8. The highest BCUT2D eigenvalue weighted by Gasteiger charge is 2.07. The second kappa shape index (κ2) is 10.6. The molecule has 0 aromatic heterocycles. The smallest absolute Gasteiger partial charge is 0.182 e. The minimum absolute atomic E-state index is 0.174. The van der Waals surface area contributed by atoms with Crippen LogP contribution in [0.2, 0.25) is 0 Å². The van der Waals surface area contributed by atoms with Crippen LogP contribution in [0.5, 0.6) is 23.0 Å². The predicted molar refractivity (Wildman–Crippen MR) is 113 cm³/mol. The highest BCUT2D eigenvalue weighted by molar-refractivity contribution is 6.02. The molecule has 0 fully saturated rings. The summed E-state index contributed by atoms with van der Waals surface area (Å²) in [6.45, 7) is 0. The first-order valence-corrected chi connectivity index (χ1v) is 8.76. The third-order valence-corrected chi connectivity index (χ3v) is 4.00. The number of aliphatic hydroxyl groups is 1. The molecular formula is C23H24O6. The van der Waals surface area contributed by atoms with Crippen LogP contribution in [-0.2, 0) is 4.79 Å². The molecule has 6 nitrogen and oxygen atoms in total. The van der Waals surface area contributed by atoms with Crippen LogP contribution in [0.25, 0.3) is 12.2 Å². The standard InChI is InChI=1S/C23H24O6/c1-26-20-13-9-16(14-22(20)28-3)8-11-18(24)15-19(25)12-10-17-6-5-7-21(27-2)23(17)29-4/h5-15,24H,1-4H3/b11-8+,12-10+,18-15-. The minimum Gasteiger partial charge on any atom is -0.508 e. The number of para-hydroxylation sites is 1. The monoisotopic (exact) mass is 396 g/mol. The molecule has 0 aliphatic carbocycles. The molecule has 0 atom stereocenters. The average molecular weight is 396 g/mol. The zero-order chi connectivity index (χ0) is 21.2. The fourth-order valence-corrected chi connectivity index (χ4v) is 2.60. The number of benzene rings is 2. The van der Waals surface area contributed by atoms with E-state index < -0.39 is 0 Å². The third kappa shape index (κ3) is 5.90. The summed E-state index contributed by atoms with van der Waals surface area (Å²) < 4.78 is 21.0. The molecule has 0 radical (unpaired) electrons. The second-order valence-corrected chi connectivity index (χ2v) is 5.84. The van der Waals surface area contributed by atoms with Crippen molar-refractivity contribution in [3.05, 3.63) is 71.5 Å². The maximum absolute atomic E-state index is 12.1. The van der Waals surface area contributed by atoms with Crippen molar-refractivity contribution in [2.24, 2.45) is 0 Å². The molecule has 0 saturated carbocycles. The molecule has 0 saturated heterocycles. The van der Waals surface area contributed by atoms with Gasteiger partial charge in [0.1, 0.15) is 5.76 Å². The molecule has 29 heavy (non-hydrogen) atoms. The predicted octanol–water partition coefficient (Wildman–Crippen LogP) is 4.46. The summed E-state index contributed by atoms with van der Waals surface area (Å²) in [5.74, 6) is 1.73. The van der Waals surface area contributed by atoms with Crippen LogP contribution in [0.15, 0.2) is 60.4 Å². The van der Waals surface area contributed by atoms with Gasteiger partial charge >= 0.3 is 0 Å². The molecule has 2 rings (SSSR count). The van der Waals surface area contributed by atoms with E-state index in [1.54, 1.807) is 63.8 Å². The SMILES string of the molecule is COc1ccc(/C=C/C(O)=C/C(=O)/C=C/c2cccc(OC)c2OC)cc1OC. The van der Waals surface area contributed by atoms with Gasteiger partial charge in [0.05, 0.1) is 28.4 Å². The van der Waals surface area contributed by atoms with E-state index in [4.69, 9.17) is 18.9 Å². The van der Waals surface area contributed by atoms with Crippen molar-refractivity contribution >= 4 is 17.9 Å². The Kier molecular flexibility index (Phi) is 7.91. The number of aliphatic hydroxyl groups excluding tert-OH is 1. The highest BCUT2D eigenvalue weighted by atomic mass is 16.5. The van der Waals surface area contributed by atoms with Gasteiger partial charge in [0.25, 0.3) is 0 Å². The molecule has 0 heterocycles. The highest BCUT2D eigenvalue weighted by Crippen LogP contribution is 2.31. The van der Waals surface area contributed by atoms with Gasteiger partial charge < -0.3 is 24.1 Å². The third-order valence-electron chi connectivity index (χ3n) is 4.00. The quantitative estimate of drug-likeness (QED) is 0.383. The minimum atomic E-state index is -0.371. The lowest BCUT2D eigenvalue weighted by Crippen LogP contribution is -1.93. The molecule has 0 amide bonds. The molecule has 2 aromatic rings. The molecular weight excluding hydrogens is 372 g/mol. The number of carbonyl (C=O) groups excluding carboxylic acids is 1. The molecule has 6 heteroatoms. The van der Waals surface area contributed by atoms with Crippen molar-refractivity contribution in [2.45, 2.75) is 0 Å². The summed E-state index contributed by atoms with van der Waals surface area (Å²) in [6, 6.07) is 10.7. The second-order valence-electron chi connectivity index (χ2n) is 5.84. The van der Waals surface area contributed by atoms with E-state index in [1.807, 2.05) is 6.07 Å². The number of allylic oxidation sites excluding steroid dienone is 3. The van der Waals surface area contributed by atoms with Crippen LogP contribution in [0.1, 0.15) is 11.1 Å². The fourth-order valence-electron chi connectivity index (χ4n) is 2.60. The van der Waals surface area contributed by atoms with Crippen LogP contribution in [0.3, 0.4) is 0 Å². The van der Waals surface area contributed by atoms with E-state index in [9.17, 15) is 9.90 Å². The van der Waals surface area contributed by atoms with Gasteiger partial charge in [-0.1, -0.05) is 24.3 Å². The first-order chi connectivity index (χ1) is 14.0. The van der Waals surface area contributed by atoms with Gasteiger partial charge in [0.15, 0.2) is 28.8 Å². The zero-order valence-corrected chi connectivity index (χ0v) is 16.8. The Hall–Kier alpha value is -3.67. The molecule has 1 N–H and O–H groups in total. The topological polar surface area (TPSA) is 74.2 Å². The number of methoxy groups -OCH3 is 4. The number of rotatable bonds is 9. The molecule has 0 aliphatic rings. The largest absolute Gasteiger partial charge is 0.508 e. The van der Waals surface area contributed by atoms with Crippen molar-refractivity contribution in [3.63, 3.8) is 0 Å².